The quantitative estimate of drug-likeness (QED) is 0.802. The molecule has 1 amide bonds. The summed E-state index contributed by atoms with van der Waals surface area (Å²) < 4.78 is 10.7. The van der Waals surface area contributed by atoms with Gasteiger partial charge in [-0.15, -0.1) is 0 Å². The average molecular weight is 231 g/mol. The van der Waals surface area contributed by atoms with E-state index in [9.17, 15) is 4.79 Å². The summed E-state index contributed by atoms with van der Waals surface area (Å²) in [7, 11) is 1.61. The minimum absolute atomic E-state index is 0.434. The Labute approximate surface area is 99.3 Å². The molecule has 4 nitrogen and oxygen atoms in total. The summed E-state index contributed by atoms with van der Waals surface area (Å²) in [6.45, 7) is 0.434. The molecule has 0 fully saturated rings. The normalized spacial score (nSPS) is 13.8. The van der Waals surface area contributed by atoms with Crippen molar-refractivity contribution in [3.63, 3.8) is 0 Å². The van der Waals surface area contributed by atoms with Gasteiger partial charge in [0, 0.05) is 11.6 Å². The molecule has 17 heavy (non-hydrogen) atoms. The predicted molar refractivity (Wildman–Crippen MR) is 64.8 cm³/mol. The van der Waals surface area contributed by atoms with Crippen molar-refractivity contribution in [3.05, 3.63) is 41.5 Å². The first-order valence-corrected chi connectivity index (χ1v) is 5.18. The maximum Gasteiger partial charge on any atom is 0.241 e. The molecule has 0 unspecified atom stereocenters. The number of carbonyl (C=O) groups excluding carboxylic acids is 1. The Morgan fingerprint density at radius 2 is 2.35 bits per heavy atom. The van der Waals surface area contributed by atoms with Crippen LogP contribution in [-0.2, 0) is 4.79 Å². The van der Waals surface area contributed by atoms with E-state index in [0.717, 1.165) is 22.6 Å². The Balaban J connectivity index is 2.29. The van der Waals surface area contributed by atoms with Crippen LogP contribution < -0.4 is 15.2 Å². The molecule has 0 atom stereocenters. The number of nitrogens with two attached hydrogens (primary N) is 1. The second-order valence-electron chi connectivity index (χ2n) is 3.65. The molecule has 1 aliphatic heterocycles. The van der Waals surface area contributed by atoms with Crippen LogP contribution in [0.1, 0.15) is 5.56 Å². The van der Waals surface area contributed by atoms with E-state index >= 15 is 0 Å². The van der Waals surface area contributed by atoms with E-state index in [-0.39, 0.29) is 0 Å². The van der Waals surface area contributed by atoms with E-state index in [1.54, 1.807) is 13.2 Å². The zero-order chi connectivity index (χ0) is 12.3. The zero-order valence-electron chi connectivity index (χ0n) is 9.47. The van der Waals surface area contributed by atoms with Gasteiger partial charge >= 0.3 is 0 Å². The van der Waals surface area contributed by atoms with Gasteiger partial charge in [-0.3, -0.25) is 4.79 Å². The zero-order valence-corrected chi connectivity index (χ0v) is 9.47. The number of ether oxygens (including phenoxy) is 2. The molecule has 1 aromatic carbocycles. The number of primary amides is 1. The molecule has 1 aliphatic rings. The molecule has 2 N–H and O–H groups in total. The smallest absolute Gasteiger partial charge is 0.241 e. The third-order valence-electron chi connectivity index (χ3n) is 2.41. The molecule has 0 saturated heterocycles. The molecule has 0 aromatic heterocycles. The van der Waals surface area contributed by atoms with E-state index in [1.807, 2.05) is 24.3 Å². The summed E-state index contributed by atoms with van der Waals surface area (Å²) in [4.78, 5) is 10.6. The third-order valence-corrected chi connectivity index (χ3v) is 2.41. The molecule has 2 rings (SSSR count). The SMILES string of the molecule is COc1ccc2c(c1)C=C(/C=C\C(N)=O)CO2. The van der Waals surface area contributed by atoms with Crippen molar-refractivity contribution in [1.29, 1.82) is 0 Å². The number of rotatable bonds is 3. The first kappa shape index (κ1) is 11.3. The van der Waals surface area contributed by atoms with E-state index in [2.05, 4.69) is 0 Å². The Kier molecular flexibility index (Phi) is 3.14. The third kappa shape index (κ3) is 2.66. The fourth-order valence-corrected chi connectivity index (χ4v) is 1.59. The lowest BCUT2D eigenvalue weighted by Crippen LogP contribution is -2.08. The highest BCUT2D eigenvalue weighted by molar-refractivity contribution is 5.86. The molecule has 0 aliphatic carbocycles. The van der Waals surface area contributed by atoms with Crippen LogP contribution in [0.25, 0.3) is 6.08 Å². The standard InChI is InChI=1S/C13H13NO3/c1-16-11-3-4-12-10(7-11)6-9(8-17-12)2-5-13(14)15/h2-7H,8H2,1H3,(H2,14,15)/b5-2-. The number of hydrogen-bond donors (Lipinski definition) is 1. The highest BCUT2D eigenvalue weighted by Gasteiger charge is 2.10. The van der Waals surface area contributed by atoms with Gasteiger partial charge in [-0.05, 0) is 29.8 Å². The van der Waals surface area contributed by atoms with Gasteiger partial charge in [0.1, 0.15) is 18.1 Å². The van der Waals surface area contributed by atoms with E-state index < -0.39 is 5.91 Å². The lowest BCUT2D eigenvalue weighted by Gasteiger charge is -2.16. The topological polar surface area (TPSA) is 61.5 Å². The van der Waals surface area contributed by atoms with Crippen molar-refractivity contribution in [1.82, 2.24) is 0 Å². The Hall–Kier alpha value is -2.23. The molecule has 0 radical (unpaired) electrons. The Morgan fingerprint density at radius 3 is 3.06 bits per heavy atom. The van der Waals surface area contributed by atoms with Crippen LogP contribution in [-0.4, -0.2) is 19.6 Å². The molecule has 0 spiro atoms. The van der Waals surface area contributed by atoms with Crippen molar-refractivity contribution in [2.45, 2.75) is 0 Å². The lowest BCUT2D eigenvalue weighted by atomic mass is 10.1. The minimum Gasteiger partial charge on any atom is -0.497 e. The molecule has 0 saturated carbocycles. The van der Waals surface area contributed by atoms with Crippen molar-refractivity contribution < 1.29 is 14.3 Å². The fourth-order valence-electron chi connectivity index (χ4n) is 1.59. The number of methoxy groups -OCH3 is 1. The molecular formula is C13H13NO3. The fraction of sp³-hybridized carbons (Fsp3) is 0.154. The van der Waals surface area contributed by atoms with E-state index in [1.165, 1.54) is 6.08 Å². The number of benzene rings is 1. The van der Waals surface area contributed by atoms with Crippen molar-refractivity contribution >= 4 is 12.0 Å². The maximum absolute atomic E-state index is 10.6. The summed E-state index contributed by atoms with van der Waals surface area (Å²) in [5.74, 6) is 1.10. The molecule has 1 aromatic rings. The van der Waals surface area contributed by atoms with E-state index in [4.69, 9.17) is 15.2 Å². The van der Waals surface area contributed by atoms with Crippen LogP contribution in [0, 0.1) is 0 Å². The van der Waals surface area contributed by atoms with Crippen molar-refractivity contribution in [2.24, 2.45) is 5.73 Å². The van der Waals surface area contributed by atoms with Crippen LogP contribution in [0.4, 0.5) is 0 Å². The average Bonchev–Trinajstić information content (AvgIpc) is 2.35. The highest BCUT2D eigenvalue weighted by atomic mass is 16.5. The van der Waals surface area contributed by atoms with Gasteiger partial charge in [0.2, 0.25) is 5.91 Å². The van der Waals surface area contributed by atoms with Gasteiger partial charge in [-0.25, -0.2) is 0 Å². The maximum atomic E-state index is 10.6. The van der Waals surface area contributed by atoms with E-state index in [0.29, 0.717) is 6.61 Å². The minimum atomic E-state index is -0.470. The summed E-state index contributed by atoms with van der Waals surface area (Å²) >= 11 is 0. The van der Waals surface area contributed by atoms with Gasteiger partial charge in [0.05, 0.1) is 7.11 Å². The van der Waals surface area contributed by atoms with Crippen molar-refractivity contribution in [2.75, 3.05) is 13.7 Å². The largest absolute Gasteiger partial charge is 0.497 e. The summed E-state index contributed by atoms with van der Waals surface area (Å²) in [6.07, 6.45) is 4.92. The van der Waals surface area contributed by atoms with Gasteiger partial charge < -0.3 is 15.2 Å². The molecule has 0 bridgehead atoms. The number of hydrogen-bond acceptors (Lipinski definition) is 3. The number of carbonyl (C=O) groups is 1. The number of fused-ring (bicyclic) bond motifs is 1. The summed E-state index contributed by atoms with van der Waals surface area (Å²) in [5.41, 5.74) is 6.86. The second-order valence-corrected chi connectivity index (χ2v) is 3.65. The van der Waals surface area contributed by atoms with Crippen LogP contribution in [0.5, 0.6) is 11.5 Å². The monoisotopic (exact) mass is 231 g/mol. The Morgan fingerprint density at radius 1 is 1.53 bits per heavy atom. The van der Waals surface area contributed by atoms with Crippen LogP contribution in [0.3, 0.4) is 0 Å². The van der Waals surface area contributed by atoms with Gasteiger partial charge in [0.15, 0.2) is 0 Å². The molecule has 4 heteroatoms. The predicted octanol–water partition coefficient (Wildman–Crippen LogP) is 1.51. The molecule has 88 valence electrons. The van der Waals surface area contributed by atoms with Crippen LogP contribution in [0.15, 0.2) is 35.9 Å². The van der Waals surface area contributed by atoms with Gasteiger partial charge in [-0.2, -0.15) is 0 Å². The van der Waals surface area contributed by atoms with Gasteiger partial charge in [-0.1, -0.05) is 6.08 Å². The first-order chi connectivity index (χ1) is 8.19. The lowest BCUT2D eigenvalue weighted by molar-refractivity contribution is -0.113. The van der Waals surface area contributed by atoms with Crippen molar-refractivity contribution in [3.8, 4) is 11.5 Å². The van der Waals surface area contributed by atoms with Crippen LogP contribution >= 0.6 is 0 Å². The van der Waals surface area contributed by atoms with Crippen LogP contribution in [0.2, 0.25) is 0 Å². The Bertz CT molecular complexity index is 503. The summed E-state index contributed by atoms with van der Waals surface area (Å²) in [5, 5.41) is 0. The van der Waals surface area contributed by atoms with Gasteiger partial charge in [0.25, 0.3) is 0 Å². The molecule has 1 heterocycles. The highest BCUT2D eigenvalue weighted by Crippen LogP contribution is 2.30. The number of amides is 1. The second kappa shape index (κ2) is 4.74. The first-order valence-electron chi connectivity index (χ1n) is 5.18. The molecular weight excluding hydrogens is 218 g/mol. The summed E-state index contributed by atoms with van der Waals surface area (Å²) in [6, 6.07) is 5.59.